The van der Waals surface area contributed by atoms with Crippen molar-refractivity contribution in [1.82, 2.24) is 0 Å². The lowest BCUT2D eigenvalue weighted by atomic mass is 10.3. The Morgan fingerprint density at radius 1 is 0.792 bits per heavy atom. The van der Waals surface area contributed by atoms with E-state index in [0.29, 0.717) is 18.2 Å². The van der Waals surface area contributed by atoms with Gasteiger partial charge in [0.2, 0.25) is 0 Å². The predicted octanol–water partition coefficient (Wildman–Crippen LogP) is -2.07. The lowest BCUT2D eigenvalue weighted by molar-refractivity contribution is -0.408. The highest BCUT2D eigenvalue weighted by atomic mass is 32.2. The van der Waals surface area contributed by atoms with Crippen molar-refractivity contribution >= 4 is 31.6 Å². The fraction of sp³-hybridized carbons (Fsp3) is 0.500. The average molecular weight is 386 g/mol. The average Bonchev–Trinajstić information content (AvgIpc) is 2.22. The Labute approximate surface area is 142 Å². The van der Waals surface area contributed by atoms with Gasteiger partial charge in [0.05, 0.1) is 33.2 Å². The van der Waals surface area contributed by atoms with E-state index in [1.54, 1.807) is 0 Å². The topological polar surface area (TPSA) is 222 Å². The van der Waals surface area contributed by atoms with Crippen LogP contribution in [0.3, 0.4) is 0 Å². The minimum Gasteiger partial charge on any atom is -0.744 e. The van der Waals surface area contributed by atoms with Crippen LogP contribution in [0.15, 0.2) is 21.9 Å². The monoisotopic (exact) mass is 386 g/mol. The molecule has 1 aromatic rings. The molecule has 10 nitrogen and oxygen atoms in total. The van der Waals surface area contributed by atoms with E-state index < -0.39 is 41.4 Å². The van der Waals surface area contributed by atoms with Gasteiger partial charge in [0.15, 0.2) is 0 Å². The van der Waals surface area contributed by atoms with Crippen molar-refractivity contribution in [3.05, 3.63) is 12.1 Å². The molecule has 0 saturated carbocycles. The maximum absolute atomic E-state index is 10.7. The number of hydrogen-bond donors (Lipinski definition) is 4. The first-order chi connectivity index (χ1) is 10.5. The molecule has 0 spiro atoms. The Morgan fingerprint density at radius 3 is 1.17 bits per heavy atom. The van der Waals surface area contributed by atoms with Crippen LogP contribution in [-0.2, 0) is 20.2 Å². The summed E-state index contributed by atoms with van der Waals surface area (Å²) in [5.41, 5.74) is 16.6. The molecule has 0 aliphatic carbocycles. The van der Waals surface area contributed by atoms with Crippen LogP contribution < -0.4 is 22.9 Å². The molecule has 0 aromatic heterocycles. The third kappa shape index (κ3) is 11.2. The first-order valence-corrected chi connectivity index (χ1v) is 9.58. The molecule has 0 fully saturated rings. The van der Waals surface area contributed by atoms with Crippen LogP contribution in [0, 0.1) is 0 Å². The van der Waals surface area contributed by atoms with Crippen LogP contribution in [0.2, 0.25) is 0 Å². The maximum atomic E-state index is 10.7. The molecule has 12 heteroatoms. The minimum absolute atomic E-state index is 0.356. The molecule has 0 aliphatic rings. The molecule has 1 rings (SSSR count). The zero-order valence-electron chi connectivity index (χ0n) is 14.1. The summed E-state index contributed by atoms with van der Waals surface area (Å²) >= 11 is 0. The predicted molar refractivity (Wildman–Crippen MR) is 87.2 cm³/mol. The van der Waals surface area contributed by atoms with E-state index in [2.05, 4.69) is 39.2 Å². The van der Waals surface area contributed by atoms with Crippen molar-refractivity contribution in [3.63, 3.8) is 0 Å². The molecule has 0 atom stereocenters. The second-order valence-corrected chi connectivity index (χ2v) is 8.32. The fourth-order valence-corrected chi connectivity index (χ4v) is 2.32. The van der Waals surface area contributed by atoms with E-state index >= 15 is 0 Å². The zero-order chi connectivity index (χ0) is 19.9. The number of rotatable bonds is 2. The molecule has 0 amide bonds. The molecular weight excluding hydrogens is 360 g/mol. The van der Waals surface area contributed by atoms with Gasteiger partial charge in [0.1, 0.15) is 20.2 Å². The summed E-state index contributed by atoms with van der Waals surface area (Å²) in [6.07, 6.45) is 0. The Bertz CT molecular complexity index is 665. The summed E-state index contributed by atoms with van der Waals surface area (Å²) in [7, 11) is -9.93. The van der Waals surface area contributed by atoms with E-state index in [0.717, 1.165) is 6.07 Å². The van der Waals surface area contributed by atoms with E-state index in [9.17, 15) is 25.9 Å². The first kappa shape index (κ1) is 24.8. The molecule has 1 aromatic carbocycles. The zero-order valence-corrected chi connectivity index (χ0v) is 15.8. The van der Waals surface area contributed by atoms with Crippen molar-refractivity contribution in [2.45, 2.75) is 49.6 Å². The Morgan fingerprint density at radius 2 is 1.00 bits per heavy atom. The Hall–Kier alpha value is -1.44. The van der Waals surface area contributed by atoms with Gasteiger partial charge in [-0.15, -0.1) is 0 Å². The second-order valence-electron chi connectivity index (χ2n) is 5.62. The maximum Gasteiger partial charge on any atom is 0.126 e. The smallest absolute Gasteiger partial charge is 0.126 e. The molecule has 10 N–H and O–H groups in total. The van der Waals surface area contributed by atoms with Crippen LogP contribution in [0.5, 0.6) is 0 Å². The SMILES string of the molecule is CC(C)[NH3+].CC(C)[NH3+].Nc1cc(N)c(S(=O)(=O)[O-])cc1S(=O)(=O)[O-]. The van der Waals surface area contributed by atoms with Crippen molar-refractivity contribution in [1.29, 1.82) is 0 Å². The van der Waals surface area contributed by atoms with Crippen molar-refractivity contribution in [2.75, 3.05) is 11.5 Å². The number of hydrogen-bond acceptors (Lipinski definition) is 8. The highest BCUT2D eigenvalue weighted by Gasteiger charge is 2.14. The number of benzene rings is 1. The van der Waals surface area contributed by atoms with Gasteiger partial charge in [-0.05, 0) is 39.8 Å². The first-order valence-electron chi connectivity index (χ1n) is 6.77. The van der Waals surface area contributed by atoms with Crippen molar-refractivity contribution in [2.24, 2.45) is 0 Å². The number of quaternary nitrogens is 2. The number of anilines is 2. The van der Waals surface area contributed by atoms with Crippen LogP contribution in [0.4, 0.5) is 11.4 Å². The van der Waals surface area contributed by atoms with E-state index in [1.165, 1.54) is 0 Å². The van der Waals surface area contributed by atoms with Crippen molar-refractivity contribution < 1.29 is 37.4 Å². The van der Waals surface area contributed by atoms with Gasteiger partial charge in [-0.3, -0.25) is 0 Å². The summed E-state index contributed by atoms with van der Waals surface area (Å²) in [6.45, 7) is 8.22. The molecule has 0 aliphatic heterocycles. The van der Waals surface area contributed by atoms with E-state index in [1.807, 2.05) is 0 Å². The third-order valence-electron chi connectivity index (χ3n) is 1.68. The molecule has 24 heavy (non-hydrogen) atoms. The highest BCUT2D eigenvalue weighted by molar-refractivity contribution is 7.86. The van der Waals surface area contributed by atoms with Gasteiger partial charge in [0, 0.05) is 0 Å². The highest BCUT2D eigenvalue weighted by Crippen LogP contribution is 2.27. The molecule has 142 valence electrons. The van der Waals surface area contributed by atoms with Gasteiger partial charge < -0.3 is 32.0 Å². The minimum atomic E-state index is -4.97. The van der Waals surface area contributed by atoms with Gasteiger partial charge in [-0.2, -0.15) is 0 Å². The fourth-order valence-electron chi connectivity index (χ4n) is 1.03. The standard InChI is InChI=1S/C6H8N2O6S2.2C3H9N/c7-3-1-4(8)6(16(12,13)14)2-5(3)15(9,10)11;2*1-3(2)4/h1-2H,7-8H2,(H,9,10,11)(H,12,13,14);2*3H,4H2,1-2H3. The van der Waals surface area contributed by atoms with Gasteiger partial charge >= 0.3 is 0 Å². The van der Waals surface area contributed by atoms with Crippen LogP contribution in [-0.4, -0.2) is 38.0 Å². The summed E-state index contributed by atoms with van der Waals surface area (Å²) < 4.78 is 64.0. The lowest BCUT2D eigenvalue weighted by Crippen LogP contribution is -2.57. The van der Waals surface area contributed by atoms with Crippen LogP contribution in [0.1, 0.15) is 27.7 Å². The summed E-state index contributed by atoms with van der Waals surface area (Å²) in [5.74, 6) is 0. The number of nitrogens with two attached hydrogens (primary N) is 2. The summed E-state index contributed by atoms with van der Waals surface area (Å²) in [5, 5.41) is 0. The van der Waals surface area contributed by atoms with Crippen LogP contribution in [0.25, 0.3) is 0 Å². The van der Waals surface area contributed by atoms with E-state index in [-0.39, 0.29) is 0 Å². The lowest BCUT2D eigenvalue weighted by Gasteiger charge is -2.15. The Balaban J connectivity index is 0. The second kappa shape index (κ2) is 9.76. The van der Waals surface area contributed by atoms with Gasteiger partial charge in [-0.25, -0.2) is 16.8 Å². The summed E-state index contributed by atoms with van der Waals surface area (Å²) in [6, 6.07) is 2.25. The Kier molecular flexibility index (Phi) is 10.1. The summed E-state index contributed by atoms with van der Waals surface area (Å²) in [4.78, 5) is -1.98. The molecule has 0 unspecified atom stereocenters. The van der Waals surface area contributed by atoms with E-state index in [4.69, 9.17) is 11.5 Å². The van der Waals surface area contributed by atoms with Crippen LogP contribution >= 0.6 is 0 Å². The number of nitrogen functional groups attached to an aromatic ring is 2. The van der Waals surface area contributed by atoms with Gasteiger partial charge in [-0.1, -0.05) is 0 Å². The molecule has 0 heterocycles. The largest absolute Gasteiger partial charge is 0.744 e. The molecule has 0 radical (unpaired) electrons. The van der Waals surface area contributed by atoms with Crippen molar-refractivity contribution in [3.8, 4) is 0 Å². The third-order valence-corrected chi connectivity index (χ3v) is 3.47. The molecule has 0 saturated heterocycles. The quantitative estimate of drug-likeness (QED) is 0.325. The molecular formula is C12H26N4O6S2. The normalized spacial score (nSPS) is 11.4. The molecule has 0 bridgehead atoms. The van der Waals surface area contributed by atoms with Gasteiger partial charge in [0.25, 0.3) is 0 Å².